The van der Waals surface area contributed by atoms with E-state index in [-0.39, 0.29) is 5.54 Å². The number of aromatic nitrogens is 1. The summed E-state index contributed by atoms with van der Waals surface area (Å²) in [5.41, 5.74) is 1.54. The fourth-order valence-corrected chi connectivity index (χ4v) is 3.18. The molecule has 0 spiro atoms. The molecule has 1 atom stereocenters. The van der Waals surface area contributed by atoms with Gasteiger partial charge in [-0.05, 0) is 19.9 Å². The third-order valence-corrected chi connectivity index (χ3v) is 3.99. The van der Waals surface area contributed by atoms with Crippen molar-refractivity contribution < 1.29 is 13.9 Å². The zero-order valence-electron chi connectivity index (χ0n) is 10.7. The van der Waals surface area contributed by atoms with Crippen LogP contribution >= 0.6 is 11.3 Å². The molecule has 0 radical (unpaired) electrons. The molecule has 0 amide bonds. The first-order valence-corrected chi connectivity index (χ1v) is 6.84. The lowest BCUT2D eigenvalue weighted by Gasteiger charge is -2.30. The Labute approximate surface area is 114 Å². The molecule has 3 heterocycles. The van der Waals surface area contributed by atoms with Gasteiger partial charge in [-0.2, -0.15) is 0 Å². The number of anilines is 1. The van der Waals surface area contributed by atoms with Crippen LogP contribution in [-0.2, 0) is 9.53 Å². The van der Waals surface area contributed by atoms with Crippen LogP contribution in [0.5, 0.6) is 0 Å². The average molecular weight is 278 g/mol. The van der Waals surface area contributed by atoms with E-state index < -0.39 is 6.23 Å². The van der Waals surface area contributed by atoms with Gasteiger partial charge in [0.15, 0.2) is 17.6 Å². The van der Waals surface area contributed by atoms with Crippen LogP contribution in [0.1, 0.15) is 13.8 Å². The van der Waals surface area contributed by atoms with Gasteiger partial charge in [0, 0.05) is 10.9 Å². The van der Waals surface area contributed by atoms with Crippen molar-refractivity contribution in [2.75, 3.05) is 11.5 Å². The fraction of sp³-hybridized carbons (Fsp3) is 0.385. The Hall–Kier alpha value is -1.66. The van der Waals surface area contributed by atoms with Gasteiger partial charge in [0.05, 0.1) is 30.4 Å². The molecule has 3 rings (SSSR count). The molecule has 0 N–H and O–H groups in total. The van der Waals surface area contributed by atoms with Crippen LogP contribution < -0.4 is 4.90 Å². The highest BCUT2D eigenvalue weighted by molar-refractivity contribution is 7.14. The van der Waals surface area contributed by atoms with Gasteiger partial charge >= 0.3 is 0 Å². The van der Waals surface area contributed by atoms with Gasteiger partial charge in [-0.25, -0.2) is 4.98 Å². The molecule has 19 heavy (non-hydrogen) atoms. The monoisotopic (exact) mass is 278 g/mol. The number of aldehydes is 1. The number of furan rings is 1. The van der Waals surface area contributed by atoms with Crippen LogP contribution in [0.4, 0.5) is 5.13 Å². The number of carbonyl (C=O) groups is 1. The van der Waals surface area contributed by atoms with E-state index in [0.717, 1.165) is 22.7 Å². The van der Waals surface area contributed by atoms with E-state index in [1.54, 1.807) is 12.5 Å². The third kappa shape index (κ3) is 2.06. The second kappa shape index (κ2) is 4.47. The Kier molecular flexibility index (Phi) is 2.91. The van der Waals surface area contributed by atoms with E-state index in [4.69, 9.17) is 9.15 Å². The van der Waals surface area contributed by atoms with E-state index in [1.807, 2.05) is 30.2 Å². The lowest BCUT2D eigenvalue weighted by Crippen LogP contribution is -2.45. The Balaban J connectivity index is 1.95. The average Bonchev–Trinajstić information content (AvgIpc) is 3.06. The van der Waals surface area contributed by atoms with Gasteiger partial charge in [0.2, 0.25) is 0 Å². The zero-order valence-corrected chi connectivity index (χ0v) is 11.5. The highest BCUT2D eigenvalue weighted by Gasteiger charge is 2.42. The maximum absolute atomic E-state index is 11.1. The summed E-state index contributed by atoms with van der Waals surface area (Å²) in [5.74, 6) is 0. The van der Waals surface area contributed by atoms with Gasteiger partial charge in [-0.3, -0.25) is 4.79 Å². The van der Waals surface area contributed by atoms with Crippen LogP contribution in [-0.4, -0.2) is 29.6 Å². The van der Waals surface area contributed by atoms with Crippen molar-refractivity contribution in [3.63, 3.8) is 0 Å². The largest absolute Gasteiger partial charge is 0.472 e. The number of carbonyl (C=O) groups excluding carboxylic acids is 1. The Bertz CT molecular complexity index is 576. The summed E-state index contributed by atoms with van der Waals surface area (Å²) < 4.78 is 10.5. The first-order chi connectivity index (χ1) is 9.12. The molecule has 0 aliphatic carbocycles. The summed E-state index contributed by atoms with van der Waals surface area (Å²) in [6.07, 6.45) is 3.53. The molecule has 1 unspecified atom stereocenters. The molecule has 1 fully saturated rings. The van der Waals surface area contributed by atoms with Crippen molar-refractivity contribution in [3.05, 3.63) is 24.0 Å². The van der Waals surface area contributed by atoms with Crippen LogP contribution in [0.25, 0.3) is 11.3 Å². The number of hydrogen-bond acceptors (Lipinski definition) is 6. The minimum Gasteiger partial charge on any atom is -0.472 e. The summed E-state index contributed by atoms with van der Waals surface area (Å²) in [4.78, 5) is 17.6. The topological polar surface area (TPSA) is 55.6 Å². The predicted octanol–water partition coefficient (Wildman–Crippen LogP) is 2.54. The summed E-state index contributed by atoms with van der Waals surface area (Å²) in [6.45, 7) is 4.59. The first kappa shape index (κ1) is 12.4. The minimum atomic E-state index is -0.557. The second-order valence-corrected chi connectivity index (χ2v) is 5.88. The Morgan fingerprint density at radius 1 is 1.58 bits per heavy atom. The summed E-state index contributed by atoms with van der Waals surface area (Å²) in [7, 11) is 0. The van der Waals surface area contributed by atoms with Crippen molar-refractivity contribution in [3.8, 4) is 11.3 Å². The molecule has 0 aromatic carbocycles. The van der Waals surface area contributed by atoms with E-state index >= 15 is 0 Å². The molecule has 2 aromatic rings. The molecular weight excluding hydrogens is 264 g/mol. The van der Waals surface area contributed by atoms with Crippen LogP contribution in [0.3, 0.4) is 0 Å². The second-order valence-electron chi connectivity index (χ2n) is 5.05. The van der Waals surface area contributed by atoms with E-state index in [2.05, 4.69) is 4.98 Å². The third-order valence-electron chi connectivity index (χ3n) is 3.15. The van der Waals surface area contributed by atoms with Gasteiger partial charge in [0.1, 0.15) is 0 Å². The lowest BCUT2D eigenvalue weighted by molar-refractivity contribution is -0.115. The normalized spacial score (nSPS) is 21.8. The molecule has 100 valence electrons. The molecule has 1 aliphatic heterocycles. The van der Waals surface area contributed by atoms with Crippen molar-refractivity contribution >= 4 is 22.8 Å². The van der Waals surface area contributed by atoms with Crippen molar-refractivity contribution in [1.29, 1.82) is 0 Å². The first-order valence-electron chi connectivity index (χ1n) is 5.96. The quantitative estimate of drug-likeness (QED) is 0.808. The molecule has 0 bridgehead atoms. The van der Waals surface area contributed by atoms with E-state index in [9.17, 15) is 4.79 Å². The Morgan fingerprint density at radius 3 is 3.11 bits per heavy atom. The molecule has 2 aromatic heterocycles. The number of hydrogen-bond donors (Lipinski definition) is 0. The summed E-state index contributed by atoms with van der Waals surface area (Å²) in [6, 6.07) is 1.86. The highest BCUT2D eigenvalue weighted by atomic mass is 32.1. The molecule has 0 saturated carbocycles. The molecule has 5 nitrogen and oxygen atoms in total. The van der Waals surface area contributed by atoms with Crippen LogP contribution in [0.15, 0.2) is 28.4 Å². The van der Waals surface area contributed by atoms with Crippen LogP contribution in [0, 0.1) is 0 Å². The predicted molar refractivity (Wildman–Crippen MR) is 72.2 cm³/mol. The number of ether oxygens (including phenoxy) is 1. The van der Waals surface area contributed by atoms with Crippen molar-refractivity contribution in [2.45, 2.75) is 25.6 Å². The maximum atomic E-state index is 11.1. The van der Waals surface area contributed by atoms with Gasteiger partial charge in [-0.15, -0.1) is 11.3 Å². The van der Waals surface area contributed by atoms with Gasteiger partial charge in [-0.1, -0.05) is 0 Å². The summed E-state index contributed by atoms with van der Waals surface area (Å²) in [5, 5.41) is 2.74. The highest BCUT2D eigenvalue weighted by Crippen LogP contribution is 2.36. The van der Waals surface area contributed by atoms with E-state index in [0.29, 0.717) is 6.61 Å². The minimum absolute atomic E-state index is 0.239. The molecule has 1 saturated heterocycles. The number of nitrogens with zero attached hydrogens (tertiary/aromatic N) is 2. The molecule has 1 aliphatic rings. The van der Waals surface area contributed by atoms with Crippen LogP contribution in [0.2, 0.25) is 0 Å². The molecular formula is C13H14N2O3S. The van der Waals surface area contributed by atoms with Gasteiger partial charge < -0.3 is 14.1 Å². The van der Waals surface area contributed by atoms with Gasteiger partial charge in [0.25, 0.3) is 0 Å². The van der Waals surface area contributed by atoms with Crippen molar-refractivity contribution in [2.24, 2.45) is 0 Å². The SMILES string of the molecule is CC1(C)COC(C=O)N1c1nc(-c2ccoc2)cs1. The zero-order chi connectivity index (χ0) is 13.5. The number of rotatable bonds is 3. The van der Waals surface area contributed by atoms with E-state index in [1.165, 1.54) is 11.3 Å². The maximum Gasteiger partial charge on any atom is 0.189 e. The fourth-order valence-electron chi connectivity index (χ4n) is 2.16. The Morgan fingerprint density at radius 2 is 2.42 bits per heavy atom. The smallest absolute Gasteiger partial charge is 0.189 e. The lowest BCUT2D eigenvalue weighted by atomic mass is 10.1. The van der Waals surface area contributed by atoms with Crippen molar-refractivity contribution in [1.82, 2.24) is 4.98 Å². The summed E-state index contributed by atoms with van der Waals surface area (Å²) >= 11 is 1.50. The number of thiazole rings is 1. The molecule has 6 heteroatoms. The standard InChI is InChI=1S/C13H14N2O3S/c1-13(2)8-18-11(5-16)15(13)12-14-10(7-19-12)9-3-4-17-6-9/h3-7,11H,8H2,1-2H3.